The number of aliphatic hydroxyl groups is 1. The van der Waals surface area contributed by atoms with Gasteiger partial charge in [-0.3, -0.25) is 14.5 Å². The number of hydrogen-bond acceptors (Lipinski definition) is 6. The Bertz CT molecular complexity index is 1330. The molecule has 0 radical (unpaired) electrons. The summed E-state index contributed by atoms with van der Waals surface area (Å²) in [5, 5.41) is 11.5. The van der Waals surface area contributed by atoms with Gasteiger partial charge in [0.25, 0.3) is 11.7 Å². The van der Waals surface area contributed by atoms with Crippen LogP contribution < -0.4 is 9.64 Å². The first-order chi connectivity index (χ1) is 16.3. The van der Waals surface area contributed by atoms with E-state index < -0.39 is 23.7 Å². The maximum Gasteiger partial charge on any atom is 0.337 e. The molecule has 34 heavy (non-hydrogen) atoms. The zero-order valence-electron chi connectivity index (χ0n) is 18.3. The highest BCUT2D eigenvalue weighted by molar-refractivity contribution is 6.51. The number of amides is 1. The Morgan fingerprint density at radius 3 is 2.35 bits per heavy atom. The number of Topliss-reactive ketones (excluding diaryl/α,β-unsaturated/α-hetero) is 1. The van der Waals surface area contributed by atoms with Crippen LogP contribution in [-0.2, 0) is 14.3 Å². The second kappa shape index (κ2) is 9.41. The SMILES string of the molecule is COC(=O)c1cccc(N2C(=O)C(=O)/C(=C(/O)c3cccc(Cl)c3)C2c2cccc(OC)c2)c1. The van der Waals surface area contributed by atoms with Gasteiger partial charge < -0.3 is 14.6 Å². The minimum Gasteiger partial charge on any atom is -0.507 e. The Hall–Kier alpha value is -4.10. The summed E-state index contributed by atoms with van der Waals surface area (Å²) in [7, 11) is 2.75. The molecule has 1 aliphatic rings. The van der Waals surface area contributed by atoms with Gasteiger partial charge in [-0.2, -0.15) is 0 Å². The second-order valence-electron chi connectivity index (χ2n) is 7.50. The van der Waals surface area contributed by atoms with Crippen LogP contribution in [0.5, 0.6) is 5.75 Å². The van der Waals surface area contributed by atoms with Crippen molar-refractivity contribution >= 4 is 40.7 Å². The second-order valence-corrected chi connectivity index (χ2v) is 7.93. The lowest BCUT2D eigenvalue weighted by Gasteiger charge is -2.26. The Morgan fingerprint density at radius 1 is 0.941 bits per heavy atom. The van der Waals surface area contributed by atoms with Gasteiger partial charge in [0.15, 0.2) is 0 Å². The molecule has 1 heterocycles. The van der Waals surface area contributed by atoms with E-state index in [4.69, 9.17) is 21.1 Å². The van der Waals surface area contributed by atoms with Crippen molar-refractivity contribution in [3.8, 4) is 5.75 Å². The van der Waals surface area contributed by atoms with Crippen molar-refractivity contribution in [2.75, 3.05) is 19.1 Å². The predicted octanol–water partition coefficient (Wildman–Crippen LogP) is 4.76. The zero-order valence-corrected chi connectivity index (χ0v) is 19.1. The summed E-state index contributed by atoms with van der Waals surface area (Å²) in [5.74, 6) is -2.16. The normalized spacial score (nSPS) is 17.0. The zero-order chi connectivity index (χ0) is 24.4. The number of halogens is 1. The number of ketones is 1. The molecular weight excluding hydrogens is 458 g/mol. The number of benzene rings is 3. The first-order valence-corrected chi connectivity index (χ1v) is 10.6. The highest BCUT2D eigenvalue weighted by Gasteiger charge is 2.47. The molecule has 0 spiro atoms. The number of methoxy groups -OCH3 is 2. The number of carbonyl (C=O) groups excluding carboxylic acids is 3. The standard InChI is InChI=1S/C26H20ClNO6/c1-33-20-11-5-6-15(14-20)22-21(23(29)16-7-3-9-18(27)12-16)24(30)25(31)28(22)19-10-4-8-17(13-19)26(32)34-2/h3-14,22,29H,1-2H3/b23-21+. The topological polar surface area (TPSA) is 93.1 Å². The van der Waals surface area contributed by atoms with Crippen molar-refractivity contribution in [1.82, 2.24) is 0 Å². The van der Waals surface area contributed by atoms with Crippen LogP contribution in [-0.4, -0.2) is 37.0 Å². The van der Waals surface area contributed by atoms with E-state index in [1.165, 1.54) is 31.3 Å². The van der Waals surface area contributed by atoms with Crippen molar-refractivity contribution in [2.45, 2.75) is 6.04 Å². The van der Waals surface area contributed by atoms with Gasteiger partial charge in [0, 0.05) is 16.3 Å². The van der Waals surface area contributed by atoms with E-state index in [9.17, 15) is 19.5 Å². The molecule has 1 N–H and O–H groups in total. The molecule has 0 bridgehead atoms. The molecule has 0 saturated carbocycles. The lowest BCUT2D eigenvalue weighted by Crippen LogP contribution is -2.29. The van der Waals surface area contributed by atoms with Crippen LogP contribution in [0, 0.1) is 0 Å². The molecule has 1 fully saturated rings. The van der Waals surface area contributed by atoms with Crippen molar-refractivity contribution in [1.29, 1.82) is 0 Å². The quantitative estimate of drug-likeness (QED) is 0.246. The van der Waals surface area contributed by atoms with Gasteiger partial charge in [-0.05, 0) is 48.0 Å². The van der Waals surface area contributed by atoms with E-state index in [0.29, 0.717) is 27.6 Å². The molecule has 3 aromatic carbocycles. The molecule has 0 aromatic heterocycles. The lowest BCUT2D eigenvalue weighted by molar-refractivity contribution is -0.132. The monoisotopic (exact) mass is 477 g/mol. The maximum atomic E-state index is 13.3. The number of nitrogens with zero attached hydrogens (tertiary/aromatic N) is 1. The largest absolute Gasteiger partial charge is 0.507 e. The molecule has 1 unspecified atom stereocenters. The van der Waals surface area contributed by atoms with E-state index in [0.717, 1.165) is 0 Å². The fourth-order valence-electron chi connectivity index (χ4n) is 3.92. The smallest absolute Gasteiger partial charge is 0.337 e. The Morgan fingerprint density at radius 2 is 1.65 bits per heavy atom. The summed E-state index contributed by atoms with van der Waals surface area (Å²) in [6, 6.07) is 18.4. The Labute approximate surface area is 200 Å². The summed E-state index contributed by atoms with van der Waals surface area (Å²) in [5.41, 5.74) is 1.22. The fourth-order valence-corrected chi connectivity index (χ4v) is 4.11. The van der Waals surface area contributed by atoms with Crippen molar-refractivity contribution < 1.29 is 29.0 Å². The first-order valence-electron chi connectivity index (χ1n) is 10.2. The van der Waals surface area contributed by atoms with Crippen LogP contribution in [0.1, 0.15) is 27.5 Å². The molecular formula is C26H20ClNO6. The number of carbonyl (C=O) groups is 3. The van der Waals surface area contributed by atoms with Crippen molar-refractivity contribution in [3.63, 3.8) is 0 Å². The molecule has 7 nitrogen and oxygen atoms in total. The van der Waals surface area contributed by atoms with Crippen molar-refractivity contribution in [2.24, 2.45) is 0 Å². The highest BCUT2D eigenvalue weighted by atomic mass is 35.5. The average molecular weight is 478 g/mol. The van der Waals surface area contributed by atoms with E-state index in [-0.39, 0.29) is 16.9 Å². The molecule has 172 valence electrons. The Balaban J connectivity index is 1.96. The van der Waals surface area contributed by atoms with Gasteiger partial charge in [0.2, 0.25) is 0 Å². The number of aliphatic hydroxyl groups excluding tert-OH is 1. The number of esters is 1. The predicted molar refractivity (Wildman–Crippen MR) is 127 cm³/mol. The van der Waals surface area contributed by atoms with Crippen molar-refractivity contribution in [3.05, 3.63) is 100 Å². The molecule has 1 saturated heterocycles. The fraction of sp³-hybridized carbons (Fsp3) is 0.115. The molecule has 8 heteroatoms. The van der Waals surface area contributed by atoms with E-state index in [1.807, 2.05) is 0 Å². The molecule has 1 amide bonds. The maximum absolute atomic E-state index is 13.3. The third-order valence-electron chi connectivity index (χ3n) is 5.50. The molecule has 0 aliphatic carbocycles. The molecule has 1 atom stereocenters. The molecule has 1 aliphatic heterocycles. The lowest BCUT2D eigenvalue weighted by atomic mass is 9.95. The summed E-state index contributed by atoms with van der Waals surface area (Å²) in [6.45, 7) is 0. The van der Waals surface area contributed by atoms with Gasteiger partial charge in [-0.25, -0.2) is 4.79 Å². The van der Waals surface area contributed by atoms with Gasteiger partial charge in [0.1, 0.15) is 11.5 Å². The van der Waals surface area contributed by atoms with Crippen LogP contribution in [0.2, 0.25) is 5.02 Å². The number of hydrogen-bond donors (Lipinski definition) is 1. The van der Waals surface area contributed by atoms with Gasteiger partial charge in [-0.15, -0.1) is 0 Å². The summed E-state index contributed by atoms with van der Waals surface area (Å²) in [4.78, 5) is 39.8. The molecule has 3 aromatic rings. The number of rotatable bonds is 5. The van der Waals surface area contributed by atoms with Crippen LogP contribution in [0.15, 0.2) is 78.4 Å². The third kappa shape index (κ3) is 4.13. The summed E-state index contributed by atoms with van der Waals surface area (Å²) < 4.78 is 10.1. The number of anilines is 1. The number of ether oxygens (including phenoxy) is 2. The third-order valence-corrected chi connectivity index (χ3v) is 5.73. The first kappa shape index (κ1) is 23.1. The van der Waals surface area contributed by atoms with Crippen LogP contribution in [0.3, 0.4) is 0 Å². The van der Waals surface area contributed by atoms with Crippen LogP contribution in [0.4, 0.5) is 5.69 Å². The minimum atomic E-state index is -0.984. The van der Waals surface area contributed by atoms with E-state index in [1.54, 1.807) is 60.7 Å². The van der Waals surface area contributed by atoms with Crippen LogP contribution in [0.25, 0.3) is 5.76 Å². The summed E-state index contributed by atoms with van der Waals surface area (Å²) >= 11 is 6.08. The highest BCUT2D eigenvalue weighted by Crippen LogP contribution is 2.43. The van der Waals surface area contributed by atoms with Gasteiger partial charge in [0.05, 0.1) is 31.4 Å². The van der Waals surface area contributed by atoms with E-state index >= 15 is 0 Å². The average Bonchev–Trinajstić information content (AvgIpc) is 3.13. The summed E-state index contributed by atoms with van der Waals surface area (Å²) in [6.07, 6.45) is 0. The molecule has 4 rings (SSSR count). The van der Waals surface area contributed by atoms with Gasteiger partial charge >= 0.3 is 5.97 Å². The Kier molecular flexibility index (Phi) is 6.38. The van der Waals surface area contributed by atoms with E-state index in [2.05, 4.69) is 0 Å². The minimum absolute atomic E-state index is 0.107. The van der Waals surface area contributed by atoms with Gasteiger partial charge in [-0.1, -0.05) is 41.9 Å². The van der Waals surface area contributed by atoms with Crippen LogP contribution >= 0.6 is 11.6 Å².